The Labute approximate surface area is 80.3 Å². The van der Waals surface area contributed by atoms with Crippen molar-refractivity contribution in [1.82, 2.24) is 9.55 Å². The van der Waals surface area contributed by atoms with Crippen molar-refractivity contribution < 1.29 is 4.79 Å². The molecule has 2 aliphatic heterocycles. The highest BCUT2D eigenvalue weighted by Gasteiger charge is 2.24. The average Bonchev–Trinajstić information content (AvgIpc) is 2.66. The topological polar surface area (TPSA) is 47.2 Å². The van der Waals surface area contributed by atoms with Crippen LogP contribution in [0.3, 0.4) is 0 Å². The number of rotatable bonds is 0. The molecule has 0 saturated heterocycles. The van der Waals surface area contributed by atoms with E-state index in [9.17, 15) is 4.79 Å². The molecule has 3 heterocycles. The number of nitrogens with zero attached hydrogens (tertiary/aromatic N) is 3. The van der Waals surface area contributed by atoms with Crippen LogP contribution >= 0.6 is 0 Å². The third kappa shape index (κ3) is 0.849. The molecule has 1 aromatic heterocycles. The van der Waals surface area contributed by atoms with Crippen molar-refractivity contribution in [2.45, 2.75) is 6.54 Å². The maximum atomic E-state index is 11.5. The second-order valence-corrected chi connectivity index (χ2v) is 3.18. The van der Waals surface area contributed by atoms with Crippen molar-refractivity contribution in [3.8, 4) is 0 Å². The molecule has 0 bridgehead atoms. The smallest absolute Gasteiger partial charge is 0.189 e. The number of ketones is 1. The lowest BCUT2D eigenvalue weighted by Crippen LogP contribution is -2.24. The highest BCUT2D eigenvalue weighted by molar-refractivity contribution is 6.32. The number of hydrogen-bond donors (Lipinski definition) is 0. The fourth-order valence-corrected chi connectivity index (χ4v) is 1.69. The summed E-state index contributed by atoms with van der Waals surface area (Å²) in [5.74, 6) is 0.796. The summed E-state index contributed by atoms with van der Waals surface area (Å²) in [5.41, 5.74) is 1.36. The van der Waals surface area contributed by atoms with Crippen LogP contribution in [0.2, 0.25) is 0 Å². The first kappa shape index (κ1) is 7.44. The Balaban J connectivity index is 2.24. The lowest BCUT2D eigenvalue weighted by molar-refractivity contribution is -0.111. The Morgan fingerprint density at radius 2 is 2.36 bits per heavy atom. The molecule has 14 heavy (non-hydrogen) atoms. The minimum Gasteiger partial charge on any atom is -0.326 e. The van der Waals surface area contributed by atoms with E-state index >= 15 is 0 Å². The van der Waals surface area contributed by atoms with E-state index in [0.29, 0.717) is 17.8 Å². The molecule has 0 atom stereocenters. The molecule has 0 amide bonds. The third-order valence-electron chi connectivity index (χ3n) is 2.37. The average molecular weight is 185 g/mol. The van der Waals surface area contributed by atoms with Crippen LogP contribution in [0.1, 0.15) is 5.82 Å². The van der Waals surface area contributed by atoms with E-state index in [-0.39, 0.29) is 5.78 Å². The molecule has 1 aromatic rings. The summed E-state index contributed by atoms with van der Waals surface area (Å²) in [4.78, 5) is 19.8. The molecule has 0 spiro atoms. The highest BCUT2D eigenvalue weighted by atomic mass is 16.1. The maximum absolute atomic E-state index is 11.5. The van der Waals surface area contributed by atoms with Gasteiger partial charge in [0.15, 0.2) is 11.6 Å². The summed E-state index contributed by atoms with van der Waals surface area (Å²) < 4.78 is 1.97. The van der Waals surface area contributed by atoms with E-state index in [1.165, 1.54) is 12.3 Å². The van der Waals surface area contributed by atoms with Crippen LogP contribution in [0.25, 0.3) is 0 Å². The number of fused-ring (bicyclic) bond motifs is 3. The van der Waals surface area contributed by atoms with Crippen molar-refractivity contribution in [3.05, 3.63) is 42.1 Å². The van der Waals surface area contributed by atoms with Crippen LogP contribution in [0.5, 0.6) is 0 Å². The lowest BCUT2D eigenvalue weighted by atomic mass is 10.0. The van der Waals surface area contributed by atoms with Crippen LogP contribution in [0.15, 0.2) is 41.3 Å². The van der Waals surface area contributed by atoms with Gasteiger partial charge in [0, 0.05) is 36.8 Å². The Morgan fingerprint density at radius 1 is 1.43 bits per heavy atom. The van der Waals surface area contributed by atoms with Crippen molar-refractivity contribution in [3.63, 3.8) is 0 Å². The van der Waals surface area contributed by atoms with Crippen LogP contribution in [0, 0.1) is 0 Å². The van der Waals surface area contributed by atoms with Gasteiger partial charge in [0.05, 0.1) is 0 Å². The van der Waals surface area contributed by atoms with E-state index in [1.54, 1.807) is 6.20 Å². The van der Waals surface area contributed by atoms with Crippen molar-refractivity contribution in [1.29, 1.82) is 0 Å². The monoisotopic (exact) mass is 185 g/mol. The quantitative estimate of drug-likeness (QED) is 0.597. The summed E-state index contributed by atoms with van der Waals surface area (Å²) in [6.45, 7) is 0.698. The van der Waals surface area contributed by atoms with Gasteiger partial charge in [0.2, 0.25) is 0 Å². The van der Waals surface area contributed by atoms with Gasteiger partial charge in [-0.1, -0.05) is 6.08 Å². The zero-order chi connectivity index (χ0) is 9.54. The van der Waals surface area contributed by atoms with Crippen LogP contribution in [-0.2, 0) is 11.3 Å². The van der Waals surface area contributed by atoms with Gasteiger partial charge in [-0.2, -0.15) is 0 Å². The van der Waals surface area contributed by atoms with Crippen molar-refractivity contribution >= 4 is 11.5 Å². The fourth-order valence-electron chi connectivity index (χ4n) is 1.69. The zero-order valence-electron chi connectivity index (χ0n) is 7.34. The summed E-state index contributed by atoms with van der Waals surface area (Å²) >= 11 is 0. The van der Waals surface area contributed by atoms with E-state index in [2.05, 4.69) is 9.98 Å². The number of carbonyl (C=O) groups excluding carboxylic acids is 1. The largest absolute Gasteiger partial charge is 0.326 e. The molecule has 0 unspecified atom stereocenters. The molecule has 4 nitrogen and oxygen atoms in total. The number of aromatic nitrogens is 2. The van der Waals surface area contributed by atoms with E-state index in [0.717, 1.165) is 5.82 Å². The standard InChI is InChI=1S/C10H7N3O/c14-8-1-3-11-9-7(8)2-5-13-6-4-12-10(9)13/h1-4,6H,5H2. The normalized spacial score (nSPS) is 18.4. The first-order chi connectivity index (χ1) is 6.86. The molecule has 3 rings (SSSR count). The Kier molecular flexibility index (Phi) is 1.33. The minimum absolute atomic E-state index is 0.0178. The Hall–Kier alpha value is -1.97. The number of aliphatic imine (C=N–C) groups is 1. The van der Waals surface area contributed by atoms with E-state index < -0.39 is 0 Å². The Bertz CT molecular complexity index is 505. The SMILES string of the molecule is O=C1C=CN=C2C1=CCn1ccnc12. The van der Waals surface area contributed by atoms with Crippen LogP contribution < -0.4 is 0 Å². The molecule has 68 valence electrons. The van der Waals surface area contributed by atoms with Crippen molar-refractivity contribution in [2.75, 3.05) is 0 Å². The summed E-state index contributed by atoms with van der Waals surface area (Å²) in [5, 5.41) is 0. The summed E-state index contributed by atoms with van der Waals surface area (Å²) in [6.07, 6.45) is 8.50. The number of hydrogen-bond acceptors (Lipinski definition) is 3. The second-order valence-electron chi connectivity index (χ2n) is 3.18. The Morgan fingerprint density at radius 3 is 3.29 bits per heavy atom. The molecule has 0 aliphatic carbocycles. The zero-order valence-corrected chi connectivity index (χ0v) is 7.34. The first-order valence-corrected chi connectivity index (χ1v) is 4.37. The van der Waals surface area contributed by atoms with Gasteiger partial charge < -0.3 is 4.57 Å². The van der Waals surface area contributed by atoms with Crippen molar-refractivity contribution in [2.24, 2.45) is 4.99 Å². The van der Waals surface area contributed by atoms with Gasteiger partial charge >= 0.3 is 0 Å². The van der Waals surface area contributed by atoms with Gasteiger partial charge in [0.25, 0.3) is 0 Å². The molecule has 0 saturated carbocycles. The lowest BCUT2D eigenvalue weighted by Gasteiger charge is -2.17. The first-order valence-electron chi connectivity index (χ1n) is 4.37. The predicted octanol–water partition coefficient (Wildman–Crippen LogP) is 0.709. The van der Waals surface area contributed by atoms with Gasteiger partial charge in [0.1, 0.15) is 5.71 Å². The molecule has 4 heteroatoms. The van der Waals surface area contributed by atoms with Gasteiger partial charge in [-0.25, -0.2) is 4.98 Å². The maximum Gasteiger partial charge on any atom is 0.189 e. The molecular weight excluding hydrogens is 178 g/mol. The molecule has 0 fully saturated rings. The molecule has 0 N–H and O–H groups in total. The molecular formula is C10H7N3O. The minimum atomic E-state index is 0.0178. The third-order valence-corrected chi connectivity index (χ3v) is 2.37. The van der Waals surface area contributed by atoms with Gasteiger partial charge in [-0.05, 0) is 0 Å². The summed E-state index contributed by atoms with van der Waals surface area (Å²) in [6, 6.07) is 0. The van der Waals surface area contributed by atoms with Gasteiger partial charge in [-0.15, -0.1) is 0 Å². The highest BCUT2D eigenvalue weighted by Crippen LogP contribution is 2.18. The fraction of sp³-hybridized carbons (Fsp3) is 0.100. The predicted molar refractivity (Wildman–Crippen MR) is 51.0 cm³/mol. The molecule has 0 radical (unpaired) electrons. The number of imidazole rings is 1. The number of allylic oxidation sites excluding steroid dienone is 3. The van der Waals surface area contributed by atoms with E-state index in [4.69, 9.17) is 0 Å². The number of carbonyl (C=O) groups is 1. The molecule has 0 aromatic carbocycles. The van der Waals surface area contributed by atoms with Gasteiger partial charge in [-0.3, -0.25) is 9.79 Å². The summed E-state index contributed by atoms with van der Waals surface area (Å²) in [7, 11) is 0. The second kappa shape index (κ2) is 2.51. The van der Waals surface area contributed by atoms with Crippen LogP contribution in [0.4, 0.5) is 0 Å². The molecule has 2 aliphatic rings. The van der Waals surface area contributed by atoms with E-state index in [1.807, 2.05) is 16.8 Å². The van der Waals surface area contributed by atoms with Crippen LogP contribution in [-0.4, -0.2) is 21.0 Å².